The summed E-state index contributed by atoms with van der Waals surface area (Å²) in [5.41, 5.74) is 0.176. The third-order valence-electron chi connectivity index (χ3n) is 1.51. The van der Waals surface area contributed by atoms with E-state index in [1.165, 1.54) is 18.2 Å². The van der Waals surface area contributed by atoms with Crippen LogP contribution in [0.4, 0.5) is 4.39 Å². The van der Waals surface area contributed by atoms with Gasteiger partial charge in [-0.2, -0.15) is 0 Å². The second-order valence-corrected chi connectivity index (χ2v) is 2.41. The van der Waals surface area contributed by atoms with E-state index in [1.807, 2.05) is 0 Å². The van der Waals surface area contributed by atoms with E-state index in [9.17, 15) is 9.18 Å². The van der Waals surface area contributed by atoms with Gasteiger partial charge in [-0.3, -0.25) is 4.84 Å². The summed E-state index contributed by atoms with van der Waals surface area (Å²) in [6, 6.07) is 5.08. The highest BCUT2D eigenvalue weighted by molar-refractivity contribution is 5.74. The van der Waals surface area contributed by atoms with Crippen LogP contribution in [-0.4, -0.2) is 11.1 Å². The van der Waals surface area contributed by atoms with Crippen LogP contribution in [0, 0.1) is 5.82 Å². The van der Waals surface area contributed by atoms with E-state index >= 15 is 0 Å². The summed E-state index contributed by atoms with van der Waals surface area (Å²) < 4.78 is 12.6. The molecule has 0 saturated heterocycles. The lowest BCUT2D eigenvalue weighted by Crippen LogP contribution is -2.18. The van der Waals surface area contributed by atoms with Crippen molar-refractivity contribution in [1.82, 2.24) is 0 Å². The van der Waals surface area contributed by atoms with Crippen LogP contribution in [0.2, 0.25) is 0 Å². The summed E-state index contributed by atoms with van der Waals surface area (Å²) in [6.45, 7) is 0. The number of carboxylic acid groups (broad SMARTS) is 1. The first kappa shape index (κ1) is 9.63. The first-order valence-electron chi connectivity index (χ1n) is 3.49. The molecule has 0 aliphatic heterocycles. The van der Waals surface area contributed by atoms with Crippen molar-refractivity contribution in [2.45, 2.75) is 6.10 Å². The largest absolute Gasteiger partial charge is 0.479 e. The maximum absolute atomic E-state index is 12.6. The van der Waals surface area contributed by atoms with E-state index in [2.05, 4.69) is 4.84 Å². The average molecular weight is 185 g/mol. The SMILES string of the molecule is NOC(C(=O)O)c1cccc(F)c1. The quantitative estimate of drug-likeness (QED) is 0.684. The van der Waals surface area contributed by atoms with Crippen molar-refractivity contribution in [3.05, 3.63) is 35.6 Å². The Kier molecular flexibility index (Phi) is 2.94. The Morgan fingerprint density at radius 2 is 2.31 bits per heavy atom. The molecular weight excluding hydrogens is 177 g/mol. The first-order chi connectivity index (χ1) is 6.15. The van der Waals surface area contributed by atoms with Crippen LogP contribution in [0.25, 0.3) is 0 Å². The molecule has 1 aromatic carbocycles. The number of nitrogens with two attached hydrogens (primary N) is 1. The molecular formula is C8H8FNO3. The lowest BCUT2D eigenvalue weighted by atomic mass is 10.1. The van der Waals surface area contributed by atoms with Gasteiger partial charge >= 0.3 is 5.97 Å². The van der Waals surface area contributed by atoms with Crippen molar-refractivity contribution < 1.29 is 19.1 Å². The Morgan fingerprint density at radius 3 is 2.77 bits per heavy atom. The molecule has 5 heteroatoms. The van der Waals surface area contributed by atoms with Gasteiger partial charge in [-0.15, -0.1) is 0 Å². The molecule has 70 valence electrons. The monoisotopic (exact) mass is 185 g/mol. The predicted octanol–water partition coefficient (Wildman–Crippen LogP) is 0.842. The van der Waals surface area contributed by atoms with Crippen molar-refractivity contribution in [3.63, 3.8) is 0 Å². The normalized spacial score (nSPS) is 12.5. The predicted molar refractivity (Wildman–Crippen MR) is 42.0 cm³/mol. The number of hydrogen-bond donors (Lipinski definition) is 2. The van der Waals surface area contributed by atoms with E-state index < -0.39 is 17.9 Å². The second-order valence-electron chi connectivity index (χ2n) is 2.41. The topological polar surface area (TPSA) is 72.5 Å². The van der Waals surface area contributed by atoms with Crippen molar-refractivity contribution in [2.24, 2.45) is 5.90 Å². The lowest BCUT2D eigenvalue weighted by molar-refractivity contribution is -0.151. The summed E-state index contributed by atoms with van der Waals surface area (Å²) >= 11 is 0. The lowest BCUT2D eigenvalue weighted by Gasteiger charge is -2.08. The number of carbonyl (C=O) groups is 1. The van der Waals surface area contributed by atoms with E-state index in [4.69, 9.17) is 11.0 Å². The molecule has 0 bridgehead atoms. The van der Waals surface area contributed by atoms with Gasteiger partial charge < -0.3 is 5.11 Å². The number of rotatable bonds is 3. The molecule has 0 fully saturated rings. The van der Waals surface area contributed by atoms with Crippen molar-refractivity contribution in [1.29, 1.82) is 0 Å². The Bertz CT molecular complexity index is 316. The zero-order valence-electron chi connectivity index (χ0n) is 6.61. The third-order valence-corrected chi connectivity index (χ3v) is 1.51. The molecule has 0 amide bonds. The van der Waals surface area contributed by atoms with Gasteiger partial charge in [-0.25, -0.2) is 15.1 Å². The van der Waals surface area contributed by atoms with Crippen LogP contribution in [0.1, 0.15) is 11.7 Å². The molecule has 0 spiro atoms. The van der Waals surface area contributed by atoms with E-state index in [-0.39, 0.29) is 5.56 Å². The molecule has 0 radical (unpaired) electrons. The Balaban J connectivity index is 2.98. The number of carboxylic acids is 1. The fraction of sp³-hybridized carbons (Fsp3) is 0.125. The fourth-order valence-electron chi connectivity index (χ4n) is 0.949. The molecule has 1 rings (SSSR count). The second kappa shape index (κ2) is 3.97. The zero-order valence-corrected chi connectivity index (χ0v) is 6.61. The molecule has 3 N–H and O–H groups in total. The number of hydrogen-bond acceptors (Lipinski definition) is 3. The summed E-state index contributed by atoms with van der Waals surface area (Å²) in [5.74, 6) is 2.97. The van der Waals surface area contributed by atoms with Crippen LogP contribution in [0.3, 0.4) is 0 Å². The minimum atomic E-state index is -1.32. The van der Waals surface area contributed by atoms with E-state index in [0.29, 0.717) is 0 Å². The molecule has 1 unspecified atom stereocenters. The summed E-state index contributed by atoms with van der Waals surface area (Å²) in [5, 5.41) is 8.59. The van der Waals surface area contributed by atoms with E-state index in [0.717, 1.165) is 6.07 Å². The van der Waals surface area contributed by atoms with Crippen molar-refractivity contribution >= 4 is 5.97 Å². The highest BCUT2D eigenvalue weighted by atomic mass is 19.1. The molecule has 1 aromatic rings. The maximum atomic E-state index is 12.6. The summed E-state index contributed by atoms with van der Waals surface area (Å²) in [7, 11) is 0. The minimum Gasteiger partial charge on any atom is -0.479 e. The molecule has 0 aromatic heterocycles. The molecule has 13 heavy (non-hydrogen) atoms. The molecule has 1 atom stereocenters. The van der Waals surface area contributed by atoms with Gasteiger partial charge in [0.1, 0.15) is 5.82 Å². The fourth-order valence-corrected chi connectivity index (χ4v) is 0.949. The Labute approximate surface area is 73.7 Å². The van der Waals surface area contributed by atoms with Crippen molar-refractivity contribution in [3.8, 4) is 0 Å². The molecule has 0 saturated carbocycles. The maximum Gasteiger partial charge on any atom is 0.339 e. The van der Waals surface area contributed by atoms with Crippen LogP contribution in [0.15, 0.2) is 24.3 Å². The Morgan fingerprint density at radius 1 is 1.62 bits per heavy atom. The number of halogens is 1. The summed E-state index contributed by atoms with van der Waals surface area (Å²) in [4.78, 5) is 14.7. The summed E-state index contributed by atoms with van der Waals surface area (Å²) in [6.07, 6.45) is -1.32. The van der Waals surface area contributed by atoms with Gasteiger partial charge in [0.25, 0.3) is 0 Å². The van der Waals surface area contributed by atoms with Crippen LogP contribution >= 0.6 is 0 Å². The van der Waals surface area contributed by atoms with E-state index in [1.54, 1.807) is 0 Å². The number of benzene rings is 1. The van der Waals surface area contributed by atoms with Crippen molar-refractivity contribution in [2.75, 3.05) is 0 Å². The van der Waals surface area contributed by atoms with Gasteiger partial charge in [0.2, 0.25) is 6.10 Å². The average Bonchev–Trinajstić information content (AvgIpc) is 2.04. The molecule has 0 heterocycles. The van der Waals surface area contributed by atoms with Gasteiger partial charge in [-0.1, -0.05) is 12.1 Å². The van der Waals surface area contributed by atoms with Gasteiger partial charge in [0.15, 0.2) is 0 Å². The standard InChI is InChI=1S/C8H8FNO3/c9-6-3-1-2-5(4-6)7(13-10)8(11)12/h1-4,7H,10H2,(H,11,12). The van der Waals surface area contributed by atoms with Crippen LogP contribution < -0.4 is 5.90 Å². The van der Waals surface area contributed by atoms with Crippen LogP contribution in [-0.2, 0) is 9.63 Å². The smallest absolute Gasteiger partial charge is 0.339 e. The third kappa shape index (κ3) is 2.24. The molecule has 0 aliphatic carbocycles. The number of aliphatic carboxylic acids is 1. The highest BCUT2D eigenvalue weighted by Gasteiger charge is 2.19. The Hall–Kier alpha value is -1.46. The zero-order chi connectivity index (χ0) is 9.84. The molecule has 4 nitrogen and oxygen atoms in total. The van der Waals surface area contributed by atoms with Gasteiger partial charge in [-0.05, 0) is 17.7 Å². The van der Waals surface area contributed by atoms with Gasteiger partial charge in [0.05, 0.1) is 0 Å². The first-order valence-corrected chi connectivity index (χ1v) is 3.49. The highest BCUT2D eigenvalue weighted by Crippen LogP contribution is 2.16. The van der Waals surface area contributed by atoms with Crippen LogP contribution in [0.5, 0.6) is 0 Å². The minimum absolute atomic E-state index is 0.176. The molecule has 0 aliphatic rings. The van der Waals surface area contributed by atoms with Gasteiger partial charge in [0, 0.05) is 0 Å².